The molecule has 0 radical (unpaired) electrons. The molecule has 0 amide bonds. The molecule has 0 bridgehead atoms. The number of carboxylic acid groups (broad SMARTS) is 1. The molecule has 1 aromatic rings. The summed E-state index contributed by atoms with van der Waals surface area (Å²) in [6.45, 7) is 6.32. The van der Waals surface area contributed by atoms with Gasteiger partial charge in [0.1, 0.15) is 11.9 Å². The summed E-state index contributed by atoms with van der Waals surface area (Å²) < 4.78 is 1.91. The number of carbonyl (C=O) groups is 1. The largest absolute Gasteiger partial charge is 0.480 e. The Kier molecular flexibility index (Phi) is 3.14. The van der Waals surface area contributed by atoms with Gasteiger partial charge in [0.2, 0.25) is 0 Å². The molecule has 1 rings (SSSR count). The van der Waals surface area contributed by atoms with E-state index in [9.17, 15) is 4.79 Å². The zero-order chi connectivity index (χ0) is 11.6. The molecule has 0 aliphatic rings. The van der Waals surface area contributed by atoms with Crippen LogP contribution in [0.5, 0.6) is 0 Å². The van der Waals surface area contributed by atoms with Crippen LogP contribution >= 0.6 is 0 Å². The summed E-state index contributed by atoms with van der Waals surface area (Å²) in [5.41, 5.74) is 4.98. The van der Waals surface area contributed by atoms with E-state index in [0.29, 0.717) is 5.82 Å². The number of rotatable bonds is 4. The summed E-state index contributed by atoms with van der Waals surface area (Å²) in [5.74, 6) is -0.300. The first kappa shape index (κ1) is 11.7. The highest BCUT2D eigenvalue weighted by Gasteiger charge is 2.36. The third-order valence-electron chi connectivity index (χ3n) is 2.68. The first-order valence-electron chi connectivity index (χ1n) is 4.91. The van der Waals surface area contributed by atoms with Crippen molar-refractivity contribution >= 4 is 5.97 Å². The molecule has 1 unspecified atom stereocenters. The summed E-state index contributed by atoms with van der Waals surface area (Å²) >= 11 is 0. The Bertz CT molecular complexity index is 357. The third-order valence-corrected chi connectivity index (χ3v) is 2.68. The SMILES string of the molecule is CCn1ccnc1C(C)(C)C(N)C(=O)O. The molecule has 5 heteroatoms. The standard InChI is InChI=1S/C10H17N3O2/c1-4-13-6-5-12-9(13)10(2,3)7(11)8(14)15/h5-7H,4,11H2,1-3H3,(H,14,15). The number of carboxylic acids is 1. The van der Waals surface area contributed by atoms with Gasteiger partial charge in [-0.25, -0.2) is 4.98 Å². The van der Waals surface area contributed by atoms with Gasteiger partial charge in [-0.3, -0.25) is 4.79 Å². The molecule has 0 aromatic carbocycles. The maximum Gasteiger partial charge on any atom is 0.321 e. The molecule has 1 heterocycles. The first-order chi connectivity index (χ1) is 6.91. The summed E-state index contributed by atoms with van der Waals surface area (Å²) in [7, 11) is 0. The molecule has 3 N–H and O–H groups in total. The molecule has 0 fully saturated rings. The average molecular weight is 211 g/mol. The van der Waals surface area contributed by atoms with E-state index in [1.165, 1.54) is 0 Å². The van der Waals surface area contributed by atoms with Gasteiger partial charge in [-0.2, -0.15) is 0 Å². The highest BCUT2D eigenvalue weighted by atomic mass is 16.4. The van der Waals surface area contributed by atoms with Gasteiger partial charge in [0.05, 0.1) is 0 Å². The van der Waals surface area contributed by atoms with Crippen molar-refractivity contribution in [2.45, 2.75) is 38.8 Å². The van der Waals surface area contributed by atoms with Crippen molar-refractivity contribution in [3.05, 3.63) is 18.2 Å². The van der Waals surface area contributed by atoms with Crippen molar-refractivity contribution in [2.75, 3.05) is 0 Å². The first-order valence-corrected chi connectivity index (χ1v) is 4.91. The number of imidazole rings is 1. The molecule has 0 saturated carbocycles. The molecule has 0 saturated heterocycles. The van der Waals surface area contributed by atoms with E-state index in [1.807, 2.05) is 17.7 Å². The third kappa shape index (κ3) is 2.02. The molecule has 1 aromatic heterocycles. The monoisotopic (exact) mass is 211 g/mol. The Morgan fingerprint density at radius 3 is 2.80 bits per heavy atom. The van der Waals surface area contributed by atoms with Crippen LogP contribution in [0.3, 0.4) is 0 Å². The maximum absolute atomic E-state index is 10.9. The lowest BCUT2D eigenvalue weighted by Gasteiger charge is -2.28. The van der Waals surface area contributed by atoms with E-state index in [1.54, 1.807) is 20.0 Å². The van der Waals surface area contributed by atoms with E-state index >= 15 is 0 Å². The molecule has 0 aliphatic heterocycles. The van der Waals surface area contributed by atoms with Crippen LogP contribution in [-0.2, 0) is 16.8 Å². The fourth-order valence-electron chi connectivity index (χ4n) is 1.57. The molecular weight excluding hydrogens is 194 g/mol. The van der Waals surface area contributed by atoms with Gasteiger partial charge in [0.25, 0.3) is 0 Å². The van der Waals surface area contributed by atoms with E-state index in [-0.39, 0.29) is 0 Å². The summed E-state index contributed by atoms with van der Waals surface area (Å²) in [5, 5.41) is 8.92. The second-order valence-electron chi connectivity index (χ2n) is 4.07. The van der Waals surface area contributed by atoms with Gasteiger partial charge < -0.3 is 15.4 Å². The molecule has 5 nitrogen and oxygen atoms in total. The predicted octanol–water partition coefficient (Wildman–Crippen LogP) is 0.592. The van der Waals surface area contributed by atoms with Gasteiger partial charge in [0.15, 0.2) is 0 Å². The number of nitrogens with zero attached hydrogens (tertiary/aromatic N) is 2. The molecule has 15 heavy (non-hydrogen) atoms. The molecule has 1 atom stereocenters. The van der Waals surface area contributed by atoms with Crippen LogP contribution in [0.25, 0.3) is 0 Å². The van der Waals surface area contributed by atoms with Crippen molar-refractivity contribution < 1.29 is 9.90 Å². The Morgan fingerprint density at radius 2 is 2.33 bits per heavy atom. The smallest absolute Gasteiger partial charge is 0.321 e. The van der Waals surface area contributed by atoms with E-state index in [4.69, 9.17) is 10.8 Å². The summed E-state index contributed by atoms with van der Waals surface area (Å²) in [6.07, 6.45) is 3.49. The number of hydrogen-bond acceptors (Lipinski definition) is 3. The number of aryl methyl sites for hydroxylation is 1. The quantitative estimate of drug-likeness (QED) is 0.763. The zero-order valence-corrected chi connectivity index (χ0v) is 9.27. The highest BCUT2D eigenvalue weighted by Crippen LogP contribution is 2.24. The van der Waals surface area contributed by atoms with Crippen molar-refractivity contribution in [1.29, 1.82) is 0 Å². The van der Waals surface area contributed by atoms with Crippen LogP contribution in [0, 0.1) is 0 Å². The molecule has 84 valence electrons. The number of aliphatic carboxylic acids is 1. The number of hydrogen-bond donors (Lipinski definition) is 2. The van der Waals surface area contributed by atoms with Crippen LogP contribution in [0.4, 0.5) is 0 Å². The minimum absolute atomic E-state index is 0.675. The summed E-state index contributed by atoms with van der Waals surface area (Å²) in [4.78, 5) is 15.1. The zero-order valence-electron chi connectivity index (χ0n) is 9.27. The fourth-order valence-corrected chi connectivity index (χ4v) is 1.57. The predicted molar refractivity (Wildman–Crippen MR) is 56.5 cm³/mol. The van der Waals surface area contributed by atoms with Crippen molar-refractivity contribution in [2.24, 2.45) is 5.73 Å². The van der Waals surface area contributed by atoms with Crippen LogP contribution in [0.2, 0.25) is 0 Å². The minimum atomic E-state index is -1.01. The Hall–Kier alpha value is -1.36. The van der Waals surface area contributed by atoms with E-state index < -0.39 is 17.4 Å². The Morgan fingerprint density at radius 1 is 1.73 bits per heavy atom. The molecule has 0 aliphatic carbocycles. The van der Waals surface area contributed by atoms with Gasteiger partial charge in [-0.05, 0) is 6.92 Å². The second-order valence-corrected chi connectivity index (χ2v) is 4.07. The lowest BCUT2D eigenvalue weighted by molar-refractivity contribution is -0.140. The van der Waals surface area contributed by atoms with Gasteiger partial charge in [0, 0.05) is 24.4 Å². The minimum Gasteiger partial charge on any atom is -0.480 e. The normalized spacial score (nSPS) is 13.9. The average Bonchev–Trinajstić information content (AvgIpc) is 2.64. The lowest BCUT2D eigenvalue weighted by Crippen LogP contribution is -2.48. The van der Waals surface area contributed by atoms with Crippen molar-refractivity contribution in [3.63, 3.8) is 0 Å². The Labute approximate surface area is 88.9 Å². The molecular formula is C10H17N3O2. The maximum atomic E-state index is 10.9. The van der Waals surface area contributed by atoms with E-state index in [2.05, 4.69) is 4.98 Å². The topological polar surface area (TPSA) is 81.1 Å². The summed E-state index contributed by atoms with van der Waals surface area (Å²) in [6, 6.07) is -0.954. The fraction of sp³-hybridized carbons (Fsp3) is 0.600. The van der Waals surface area contributed by atoms with E-state index in [0.717, 1.165) is 6.54 Å². The molecule has 0 spiro atoms. The second kappa shape index (κ2) is 4.02. The lowest BCUT2D eigenvalue weighted by atomic mass is 9.84. The number of aromatic nitrogens is 2. The van der Waals surface area contributed by atoms with Crippen LogP contribution < -0.4 is 5.73 Å². The van der Waals surface area contributed by atoms with Crippen molar-refractivity contribution in [3.8, 4) is 0 Å². The number of nitrogens with two attached hydrogens (primary N) is 1. The van der Waals surface area contributed by atoms with Gasteiger partial charge in [-0.15, -0.1) is 0 Å². The van der Waals surface area contributed by atoms with Gasteiger partial charge in [-0.1, -0.05) is 13.8 Å². The van der Waals surface area contributed by atoms with Crippen LogP contribution in [0.15, 0.2) is 12.4 Å². The van der Waals surface area contributed by atoms with Crippen LogP contribution in [0.1, 0.15) is 26.6 Å². The van der Waals surface area contributed by atoms with Crippen LogP contribution in [-0.4, -0.2) is 26.7 Å². The Balaban J connectivity index is 3.10. The highest BCUT2D eigenvalue weighted by molar-refractivity contribution is 5.75. The van der Waals surface area contributed by atoms with Gasteiger partial charge >= 0.3 is 5.97 Å². The van der Waals surface area contributed by atoms with Crippen molar-refractivity contribution in [1.82, 2.24) is 9.55 Å².